The molecule has 1 aromatic carbocycles. The number of nitrogens with two attached hydrogens (primary N) is 1. The Labute approximate surface area is 171 Å². The van der Waals surface area contributed by atoms with Gasteiger partial charge in [-0.25, -0.2) is 9.98 Å². The average molecular weight is 418 g/mol. The maximum Gasteiger partial charge on any atom is 0.217 e. The van der Waals surface area contributed by atoms with Gasteiger partial charge in [0.15, 0.2) is 16.9 Å². The molecule has 0 bridgehead atoms. The predicted molar refractivity (Wildman–Crippen MR) is 112 cm³/mol. The zero-order valence-electron chi connectivity index (χ0n) is 15.2. The monoisotopic (exact) mass is 417 g/mol. The van der Waals surface area contributed by atoms with Crippen molar-refractivity contribution in [2.75, 3.05) is 5.32 Å². The maximum absolute atomic E-state index is 11.0. The largest absolute Gasteiger partial charge is 0.458 e. The molecule has 3 rings (SSSR count). The van der Waals surface area contributed by atoms with Crippen molar-refractivity contribution in [2.24, 2.45) is 10.7 Å². The highest BCUT2D eigenvalue weighted by Crippen LogP contribution is 2.26. The molecule has 3 aromatic rings. The Kier molecular flexibility index (Phi) is 6.67. The van der Waals surface area contributed by atoms with E-state index >= 15 is 0 Å². The number of rotatable bonds is 7. The summed E-state index contributed by atoms with van der Waals surface area (Å²) in [7, 11) is 0. The van der Waals surface area contributed by atoms with Gasteiger partial charge in [-0.3, -0.25) is 4.79 Å². The third-order valence-corrected chi connectivity index (χ3v) is 4.70. The molecule has 28 heavy (non-hydrogen) atoms. The Bertz CT molecular complexity index is 954. The molecule has 1 unspecified atom stereocenters. The van der Waals surface area contributed by atoms with Crippen LogP contribution >= 0.6 is 22.9 Å². The second-order valence-electron chi connectivity index (χ2n) is 5.98. The Morgan fingerprint density at radius 3 is 2.86 bits per heavy atom. The molecule has 2 heterocycles. The molecule has 0 aliphatic carbocycles. The molecule has 4 N–H and O–H groups in total. The molecule has 0 spiro atoms. The zero-order chi connectivity index (χ0) is 19.9. The Balaban J connectivity index is 1.58. The van der Waals surface area contributed by atoms with Gasteiger partial charge >= 0.3 is 0 Å². The highest BCUT2D eigenvalue weighted by molar-refractivity contribution is 7.14. The molecule has 146 valence electrons. The van der Waals surface area contributed by atoms with Gasteiger partial charge in [0.2, 0.25) is 5.91 Å². The third kappa shape index (κ3) is 5.83. The van der Waals surface area contributed by atoms with Crippen molar-refractivity contribution in [3.8, 4) is 11.5 Å². The molecular weight excluding hydrogens is 398 g/mol. The topological polar surface area (TPSA) is 106 Å². The number of guanidine groups is 1. The minimum Gasteiger partial charge on any atom is -0.458 e. The van der Waals surface area contributed by atoms with Crippen LogP contribution in [0.4, 0.5) is 5.13 Å². The summed E-state index contributed by atoms with van der Waals surface area (Å²) in [5.74, 6) is 1.35. The smallest absolute Gasteiger partial charge is 0.217 e. The van der Waals surface area contributed by atoms with E-state index in [2.05, 4.69) is 20.6 Å². The molecule has 0 aliphatic rings. The minimum atomic E-state index is -0.476. The molecule has 2 aromatic heterocycles. The van der Waals surface area contributed by atoms with Crippen molar-refractivity contribution >= 4 is 39.9 Å². The summed E-state index contributed by atoms with van der Waals surface area (Å²) in [5, 5.41) is 8.06. The number of nitrogens with one attached hydrogen (secondary N) is 2. The van der Waals surface area contributed by atoms with E-state index in [1.165, 1.54) is 18.3 Å². The number of hydrogen-bond donors (Lipinski definition) is 3. The molecular formula is C19H20ClN5O2S. The van der Waals surface area contributed by atoms with Crippen molar-refractivity contribution in [3.63, 3.8) is 0 Å². The molecule has 1 amide bonds. The lowest BCUT2D eigenvalue weighted by molar-refractivity contribution is -0.119. The van der Waals surface area contributed by atoms with Crippen molar-refractivity contribution in [3.05, 3.63) is 59.2 Å². The molecule has 0 saturated heterocycles. The molecule has 1 atom stereocenters. The lowest BCUT2D eigenvalue weighted by Gasteiger charge is -2.07. The SMILES string of the molecule is CC(=O)NCc1ccc(-c2csc(NC(N)=NC(Cl)Cc3ccccc3)n2)o1. The second-order valence-corrected chi connectivity index (χ2v) is 7.34. The Morgan fingerprint density at radius 2 is 2.11 bits per heavy atom. The summed E-state index contributed by atoms with van der Waals surface area (Å²) in [6, 6.07) is 13.5. The summed E-state index contributed by atoms with van der Waals surface area (Å²) in [6.45, 7) is 1.79. The van der Waals surface area contributed by atoms with Crippen LogP contribution in [-0.4, -0.2) is 22.4 Å². The van der Waals surface area contributed by atoms with Gasteiger partial charge in [-0.15, -0.1) is 11.3 Å². The van der Waals surface area contributed by atoms with Crippen molar-refractivity contribution in [2.45, 2.75) is 25.4 Å². The number of thiazole rings is 1. The number of carbonyl (C=O) groups excluding carboxylic acids is 1. The average Bonchev–Trinajstić information content (AvgIpc) is 3.29. The van der Waals surface area contributed by atoms with E-state index in [-0.39, 0.29) is 11.9 Å². The van der Waals surface area contributed by atoms with E-state index in [0.717, 1.165) is 5.56 Å². The predicted octanol–water partition coefficient (Wildman–Crippen LogP) is 3.57. The number of hydrogen-bond acceptors (Lipinski definition) is 5. The van der Waals surface area contributed by atoms with Crippen LogP contribution in [-0.2, 0) is 17.8 Å². The van der Waals surface area contributed by atoms with Gasteiger partial charge in [-0.2, -0.15) is 0 Å². The molecule has 0 saturated carbocycles. The van der Waals surface area contributed by atoms with E-state index in [1.54, 1.807) is 6.07 Å². The summed E-state index contributed by atoms with van der Waals surface area (Å²) in [5.41, 5.74) is 7.22. The molecule has 0 aliphatic heterocycles. The number of alkyl halides is 1. The number of anilines is 1. The van der Waals surface area contributed by atoms with Gasteiger partial charge < -0.3 is 20.8 Å². The Morgan fingerprint density at radius 1 is 1.32 bits per heavy atom. The van der Waals surface area contributed by atoms with Crippen LogP contribution in [0.25, 0.3) is 11.5 Å². The number of carbonyl (C=O) groups is 1. The second kappa shape index (κ2) is 9.38. The van der Waals surface area contributed by atoms with Gasteiger partial charge in [0.1, 0.15) is 17.0 Å². The molecule has 0 fully saturated rings. The number of benzene rings is 1. The Hall–Kier alpha value is -2.84. The summed E-state index contributed by atoms with van der Waals surface area (Å²) >= 11 is 7.64. The first-order valence-electron chi connectivity index (χ1n) is 8.57. The quantitative estimate of drug-likeness (QED) is 0.236. The van der Waals surface area contributed by atoms with Crippen molar-refractivity contribution < 1.29 is 9.21 Å². The van der Waals surface area contributed by atoms with Crippen molar-refractivity contribution in [1.82, 2.24) is 10.3 Å². The molecule has 7 nitrogen and oxygen atoms in total. The van der Waals surface area contributed by atoms with Gasteiger partial charge in [-0.05, 0) is 17.7 Å². The lowest BCUT2D eigenvalue weighted by Crippen LogP contribution is -2.24. The standard InChI is InChI=1S/C19H20ClN5O2S/c1-12(26)22-10-14-7-8-16(27-14)15-11-28-19(23-15)25-18(21)24-17(20)9-13-5-3-2-4-6-13/h2-8,11,17H,9-10H2,1H3,(H,22,26)(H3,21,23,24,25). The van der Waals surface area contributed by atoms with Crippen LogP contribution in [0.2, 0.25) is 0 Å². The van der Waals surface area contributed by atoms with Crippen LogP contribution in [0, 0.1) is 0 Å². The van der Waals surface area contributed by atoms with Gasteiger partial charge in [0.25, 0.3) is 0 Å². The first-order chi connectivity index (χ1) is 13.5. The molecule has 9 heteroatoms. The normalized spacial score (nSPS) is 12.6. The van der Waals surface area contributed by atoms with Crippen LogP contribution in [0.1, 0.15) is 18.2 Å². The van der Waals surface area contributed by atoms with Gasteiger partial charge in [-0.1, -0.05) is 41.9 Å². The summed E-state index contributed by atoms with van der Waals surface area (Å²) in [6.07, 6.45) is 0.581. The summed E-state index contributed by atoms with van der Waals surface area (Å²) < 4.78 is 5.69. The fourth-order valence-corrected chi connectivity index (χ4v) is 3.40. The van der Waals surface area contributed by atoms with Crippen LogP contribution in [0.5, 0.6) is 0 Å². The van der Waals surface area contributed by atoms with Crippen LogP contribution in [0.15, 0.2) is 57.3 Å². The zero-order valence-corrected chi connectivity index (χ0v) is 16.8. The number of aromatic nitrogens is 1. The number of furan rings is 1. The highest BCUT2D eigenvalue weighted by Gasteiger charge is 2.11. The fourth-order valence-electron chi connectivity index (χ4n) is 2.41. The van der Waals surface area contributed by atoms with Crippen LogP contribution in [0.3, 0.4) is 0 Å². The minimum absolute atomic E-state index is 0.113. The number of amides is 1. The number of nitrogens with zero attached hydrogens (tertiary/aromatic N) is 2. The van der Waals surface area contributed by atoms with E-state index in [9.17, 15) is 4.79 Å². The number of aliphatic imine (C=N–C) groups is 1. The van der Waals surface area contributed by atoms with E-state index in [0.29, 0.717) is 35.3 Å². The van der Waals surface area contributed by atoms with E-state index in [1.807, 2.05) is 41.8 Å². The first kappa shape index (κ1) is 19.9. The lowest BCUT2D eigenvalue weighted by atomic mass is 10.1. The van der Waals surface area contributed by atoms with Gasteiger partial charge in [0.05, 0.1) is 6.54 Å². The third-order valence-electron chi connectivity index (χ3n) is 3.69. The molecule has 0 radical (unpaired) electrons. The van der Waals surface area contributed by atoms with Crippen LogP contribution < -0.4 is 16.4 Å². The first-order valence-corrected chi connectivity index (χ1v) is 9.88. The highest BCUT2D eigenvalue weighted by atomic mass is 35.5. The summed E-state index contributed by atoms with van der Waals surface area (Å²) in [4.78, 5) is 19.7. The fraction of sp³-hybridized carbons (Fsp3) is 0.211. The maximum atomic E-state index is 11.0. The van der Waals surface area contributed by atoms with Crippen molar-refractivity contribution in [1.29, 1.82) is 0 Å². The van der Waals surface area contributed by atoms with E-state index < -0.39 is 5.50 Å². The van der Waals surface area contributed by atoms with E-state index in [4.69, 9.17) is 21.8 Å². The van der Waals surface area contributed by atoms with Gasteiger partial charge in [0, 0.05) is 18.7 Å². The number of halogens is 1.